The number of methoxy groups -OCH3 is 3. The lowest BCUT2D eigenvalue weighted by Gasteiger charge is -2.24. The van der Waals surface area contributed by atoms with Gasteiger partial charge >= 0.3 is 0 Å². The second-order valence-electron chi connectivity index (χ2n) is 5.50. The van der Waals surface area contributed by atoms with Gasteiger partial charge in [-0.05, 0) is 24.1 Å². The van der Waals surface area contributed by atoms with Gasteiger partial charge in [-0.3, -0.25) is 0 Å². The van der Waals surface area contributed by atoms with Crippen molar-refractivity contribution in [2.45, 2.75) is 12.5 Å². The zero-order valence-corrected chi connectivity index (χ0v) is 14.2. The van der Waals surface area contributed by atoms with Crippen molar-refractivity contribution in [2.75, 3.05) is 27.9 Å². The molecule has 0 saturated carbocycles. The highest BCUT2D eigenvalue weighted by atomic mass is 16.5. The average molecular weight is 332 g/mol. The van der Waals surface area contributed by atoms with Crippen LogP contribution in [0.2, 0.25) is 0 Å². The third-order valence-corrected chi connectivity index (χ3v) is 4.08. The topological polar surface area (TPSA) is 68.2 Å². The first-order chi connectivity index (χ1) is 11.7. The van der Waals surface area contributed by atoms with Crippen LogP contribution in [0.25, 0.3) is 0 Å². The molecular weight excluding hydrogens is 308 g/mol. The lowest BCUT2D eigenvalue weighted by Crippen LogP contribution is -2.20. The quantitative estimate of drug-likeness (QED) is 0.778. The number of benzene rings is 2. The van der Waals surface area contributed by atoms with Crippen molar-refractivity contribution in [2.24, 2.45) is 5.92 Å². The van der Waals surface area contributed by atoms with Crippen LogP contribution in [0.5, 0.6) is 17.2 Å². The van der Waals surface area contributed by atoms with E-state index in [0.717, 1.165) is 5.56 Å². The number of hydrogen-bond donors (Lipinski definition) is 2. The molecule has 2 atom stereocenters. The molecule has 0 fully saturated rings. The van der Waals surface area contributed by atoms with Crippen molar-refractivity contribution in [3.63, 3.8) is 0 Å². The number of rotatable bonds is 8. The fourth-order valence-electron chi connectivity index (χ4n) is 2.80. The van der Waals surface area contributed by atoms with E-state index >= 15 is 0 Å². The summed E-state index contributed by atoms with van der Waals surface area (Å²) in [6, 6.07) is 13.2. The van der Waals surface area contributed by atoms with Crippen LogP contribution in [0.15, 0.2) is 42.5 Å². The van der Waals surface area contributed by atoms with Crippen LogP contribution < -0.4 is 14.2 Å². The summed E-state index contributed by atoms with van der Waals surface area (Å²) in [5.74, 6) is 0.997. The van der Waals surface area contributed by atoms with Crippen LogP contribution in [0.3, 0.4) is 0 Å². The Bertz CT molecular complexity index is 642. The van der Waals surface area contributed by atoms with Crippen molar-refractivity contribution >= 4 is 0 Å². The van der Waals surface area contributed by atoms with E-state index in [2.05, 4.69) is 0 Å². The number of aliphatic hydroxyl groups is 2. The highest BCUT2D eigenvalue weighted by Crippen LogP contribution is 2.43. The minimum atomic E-state index is -0.898. The first-order valence-corrected chi connectivity index (χ1v) is 7.77. The SMILES string of the molecule is COc1ccc(C(O)C(CO)Cc2ccccc2)c(OC)c1OC. The molecule has 0 amide bonds. The van der Waals surface area contributed by atoms with Crippen LogP contribution >= 0.6 is 0 Å². The number of ether oxygens (including phenoxy) is 3. The highest BCUT2D eigenvalue weighted by Gasteiger charge is 2.27. The van der Waals surface area contributed by atoms with Gasteiger partial charge in [-0.25, -0.2) is 0 Å². The molecule has 130 valence electrons. The smallest absolute Gasteiger partial charge is 0.203 e. The summed E-state index contributed by atoms with van der Waals surface area (Å²) >= 11 is 0. The van der Waals surface area contributed by atoms with Crippen LogP contribution in [0.1, 0.15) is 17.2 Å². The summed E-state index contributed by atoms with van der Waals surface area (Å²) < 4.78 is 16.0. The molecule has 2 N–H and O–H groups in total. The maximum atomic E-state index is 10.8. The Morgan fingerprint density at radius 3 is 2.08 bits per heavy atom. The first kappa shape index (κ1) is 18.1. The van der Waals surface area contributed by atoms with E-state index < -0.39 is 6.10 Å². The Labute approximate surface area is 142 Å². The number of hydrogen-bond acceptors (Lipinski definition) is 5. The molecule has 0 saturated heterocycles. The van der Waals surface area contributed by atoms with E-state index in [4.69, 9.17) is 14.2 Å². The average Bonchev–Trinajstić information content (AvgIpc) is 2.64. The summed E-state index contributed by atoms with van der Waals surface area (Å²) in [5, 5.41) is 20.6. The van der Waals surface area contributed by atoms with Crippen molar-refractivity contribution in [3.8, 4) is 17.2 Å². The molecule has 0 aliphatic carbocycles. The molecule has 2 aromatic carbocycles. The lowest BCUT2D eigenvalue weighted by molar-refractivity contribution is 0.0646. The van der Waals surface area contributed by atoms with E-state index in [1.54, 1.807) is 19.2 Å². The highest BCUT2D eigenvalue weighted by molar-refractivity contribution is 5.56. The van der Waals surface area contributed by atoms with Gasteiger partial charge in [-0.2, -0.15) is 0 Å². The van der Waals surface area contributed by atoms with Gasteiger partial charge in [0.25, 0.3) is 0 Å². The Hall–Kier alpha value is -2.24. The van der Waals surface area contributed by atoms with Crippen LogP contribution in [0.4, 0.5) is 0 Å². The van der Waals surface area contributed by atoms with Gasteiger partial charge in [0.1, 0.15) is 0 Å². The van der Waals surface area contributed by atoms with Gasteiger partial charge in [0, 0.05) is 18.1 Å². The third-order valence-electron chi connectivity index (χ3n) is 4.08. The molecule has 0 aliphatic rings. The molecule has 0 heterocycles. The van der Waals surface area contributed by atoms with E-state index in [-0.39, 0.29) is 12.5 Å². The van der Waals surface area contributed by atoms with E-state index in [0.29, 0.717) is 29.2 Å². The van der Waals surface area contributed by atoms with Gasteiger partial charge in [0.15, 0.2) is 11.5 Å². The lowest BCUT2D eigenvalue weighted by atomic mass is 9.89. The number of aliphatic hydroxyl groups excluding tert-OH is 2. The third kappa shape index (κ3) is 3.80. The maximum Gasteiger partial charge on any atom is 0.203 e. The molecule has 2 rings (SSSR count). The normalized spacial score (nSPS) is 13.2. The second kappa shape index (κ2) is 8.57. The van der Waals surface area contributed by atoms with Gasteiger partial charge < -0.3 is 24.4 Å². The molecule has 5 heteroatoms. The van der Waals surface area contributed by atoms with Crippen molar-refractivity contribution in [1.29, 1.82) is 0 Å². The molecule has 2 unspecified atom stereocenters. The van der Waals surface area contributed by atoms with Gasteiger partial charge in [-0.15, -0.1) is 0 Å². The van der Waals surface area contributed by atoms with E-state index in [1.165, 1.54) is 14.2 Å². The van der Waals surface area contributed by atoms with Crippen molar-refractivity contribution in [3.05, 3.63) is 53.6 Å². The van der Waals surface area contributed by atoms with E-state index in [9.17, 15) is 10.2 Å². The Morgan fingerprint density at radius 1 is 0.875 bits per heavy atom. The molecule has 0 bridgehead atoms. The van der Waals surface area contributed by atoms with Gasteiger partial charge in [0.05, 0.1) is 27.4 Å². The Morgan fingerprint density at radius 2 is 1.54 bits per heavy atom. The molecule has 0 radical (unpaired) electrons. The monoisotopic (exact) mass is 332 g/mol. The molecule has 0 aliphatic heterocycles. The molecule has 0 spiro atoms. The summed E-state index contributed by atoms with van der Waals surface area (Å²) in [6.45, 7) is -0.145. The second-order valence-corrected chi connectivity index (χ2v) is 5.50. The molecule has 5 nitrogen and oxygen atoms in total. The summed E-state index contributed by atoms with van der Waals surface area (Å²) in [5.41, 5.74) is 1.61. The molecule has 2 aromatic rings. The van der Waals surface area contributed by atoms with Crippen molar-refractivity contribution < 1.29 is 24.4 Å². The fraction of sp³-hybridized carbons (Fsp3) is 0.368. The van der Waals surface area contributed by atoms with Crippen molar-refractivity contribution in [1.82, 2.24) is 0 Å². The molecular formula is C19H24O5. The minimum absolute atomic E-state index is 0.145. The molecule has 24 heavy (non-hydrogen) atoms. The summed E-state index contributed by atoms with van der Waals surface area (Å²) in [6.07, 6.45) is -0.347. The zero-order chi connectivity index (χ0) is 17.5. The van der Waals surface area contributed by atoms with Crippen LogP contribution in [-0.2, 0) is 6.42 Å². The van der Waals surface area contributed by atoms with Crippen LogP contribution in [0, 0.1) is 5.92 Å². The summed E-state index contributed by atoms with van der Waals surface area (Å²) in [4.78, 5) is 0. The maximum absolute atomic E-state index is 10.8. The Balaban J connectivity index is 2.34. The predicted molar refractivity (Wildman–Crippen MR) is 91.8 cm³/mol. The fourth-order valence-corrected chi connectivity index (χ4v) is 2.80. The Kier molecular flexibility index (Phi) is 6.46. The van der Waals surface area contributed by atoms with Crippen LogP contribution in [-0.4, -0.2) is 38.1 Å². The standard InChI is InChI=1S/C19H24O5/c1-22-16-10-9-15(18(23-2)19(16)24-3)17(21)14(12-20)11-13-7-5-4-6-8-13/h4-10,14,17,20-21H,11-12H2,1-3H3. The van der Waals surface area contributed by atoms with Gasteiger partial charge in [0.2, 0.25) is 5.75 Å². The minimum Gasteiger partial charge on any atom is -0.493 e. The zero-order valence-electron chi connectivity index (χ0n) is 14.2. The first-order valence-electron chi connectivity index (χ1n) is 7.77. The largest absolute Gasteiger partial charge is 0.493 e. The molecule has 0 aromatic heterocycles. The predicted octanol–water partition coefficient (Wildman–Crippen LogP) is 2.60. The van der Waals surface area contributed by atoms with E-state index in [1.807, 2.05) is 30.3 Å². The van der Waals surface area contributed by atoms with Gasteiger partial charge in [-0.1, -0.05) is 30.3 Å². The summed E-state index contributed by atoms with van der Waals surface area (Å²) in [7, 11) is 4.57.